The molecule has 0 aliphatic heterocycles. The second-order valence-electron chi connectivity index (χ2n) is 3.49. The van der Waals surface area contributed by atoms with Gasteiger partial charge in [-0.05, 0) is 12.8 Å². The van der Waals surface area contributed by atoms with Crippen molar-refractivity contribution in [2.75, 3.05) is 0 Å². The highest BCUT2D eigenvalue weighted by molar-refractivity contribution is 5.66. The van der Waals surface area contributed by atoms with Gasteiger partial charge in [0.1, 0.15) is 0 Å². The number of esters is 1. The summed E-state index contributed by atoms with van der Waals surface area (Å²) in [5.74, 6) is -0.882. The third kappa shape index (κ3) is 7.22. The van der Waals surface area contributed by atoms with Gasteiger partial charge in [-0.1, -0.05) is 26.2 Å². The molecule has 2 nitrogen and oxygen atoms in total. The van der Waals surface area contributed by atoms with Crippen molar-refractivity contribution >= 4 is 5.97 Å². The molecule has 0 aromatic rings. The topological polar surface area (TPSA) is 26.3 Å². The largest absolute Gasteiger partial charge is 0.453 e. The number of rotatable bonds is 6. The van der Waals surface area contributed by atoms with E-state index in [4.69, 9.17) is 0 Å². The van der Waals surface area contributed by atoms with Crippen LogP contribution in [0.15, 0.2) is 0 Å². The van der Waals surface area contributed by atoms with Crippen molar-refractivity contribution in [3.63, 3.8) is 0 Å². The molecule has 0 amide bonds. The highest BCUT2D eigenvalue weighted by atomic mass is 19.4. The second-order valence-corrected chi connectivity index (χ2v) is 3.49. The molecule has 0 aromatic carbocycles. The minimum Gasteiger partial charge on any atom is -0.453 e. The zero-order valence-corrected chi connectivity index (χ0v) is 9.06. The Bertz CT molecular complexity index is 190. The first kappa shape index (κ1) is 14.3. The number of carbonyl (C=O) groups is 1. The SMILES string of the molecule is CCCCCCC(OC(C)=O)C(F)(F)F. The summed E-state index contributed by atoms with van der Waals surface area (Å²) >= 11 is 0. The molecule has 15 heavy (non-hydrogen) atoms. The van der Waals surface area contributed by atoms with Gasteiger partial charge >= 0.3 is 12.1 Å². The first-order chi connectivity index (χ1) is 6.88. The lowest BCUT2D eigenvalue weighted by Gasteiger charge is -2.19. The summed E-state index contributed by atoms with van der Waals surface area (Å²) in [6, 6.07) is 0. The lowest BCUT2D eigenvalue weighted by Crippen LogP contribution is -2.33. The van der Waals surface area contributed by atoms with Gasteiger partial charge in [0.05, 0.1) is 0 Å². The molecule has 90 valence electrons. The fraction of sp³-hybridized carbons (Fsp3) is 0.900. The number of unbranched alkanes of at least 4 members (excludes halogenated alkanes) is 3. The van der Waals surface area contributed by atoms with Crippen LogP contribution in [0.25, 0.3) is 0 Å². The van der Waals surface area contributed by atoms with Gasteiger partial charge in [-0.15, -0.1) is 0 Å². The van der Waals surface area contributed by atoms with Crippen molar-refractivity contribution in [2.24, 2.45) is 0 Å². The fourth-order valence-corrected chi connectivity index (χ4v) is 1.25. The van der Waals surface area contributed by atoms with Crippen molar-refractivity contribution < 1.29 is 22.7 Å². The third-order valence-electron chi connectivity index (χ3n) is 1.99. The molecule has 0 heterocycles. The molecule has 0 saturated heterocycles. The standard InChI is InChI=1S/C10H17F3O2/c1-3-4-5-6-7-9(10(11,12)13)15-8(2)14/h9H,3-7H2,1-2H3. The number of ether oxygens (including phenoxy) is 1. The van der Waals surface area contributed by atoms with Crippen LogP contribution in [0.2, 0.25) is 0 Å². The maximum atomic E-state index is 12.3. The van der Waals surface area contributed by atoms with Crippen molar-refractivity contribution in [3.8, 4) is 0 Å². The van der Waals surface area contributed by atoms with Crippen molar-refractivity contribution in [1.82, 2.24) is 0 Å². The van der Waals surface area contributed by atoms with Crippen molar-refractivity contribution in [1.29, 1.82) is 0 Å². The van der Waals surface area contributed by atoms with Crippen LogP contribution in [-0.2, 0) is 9.53 Å². The second kappa shape index (κ2) is 6.69. The Hall–Kier alpha value is -0.740. The highest BCUT2D eigenvalue weighted by Crippen LogP contribution is 2.27. The minimum absolute atomic E-state index is 0.136. The van der Waals surface area contributed by atoms with E-state index in [9.17, 15) is 18.0 Å². The average Bonchev–Trinajstić information content (AvgIpc) is 2.08. The molecule has 0 radical (unpaired) electrons. The molecule has 0 aromatic heterocycles. The van der Waals surface area contributed by atoms with Crippen LogP contribution in [0.3, 0.4) is 0 Å². The molecule has 0 fully saturated rings. The monoisotopic (exact) mass is 226 g/mol. The minimum atomic E-state index is -4.45. The Balaban J connectivity index is 3.97. The molecule has 0 rings (SSSR count). The summed E-state index contributed by atoms with van der Waals surface area (Å²) in [6.45, 7) is 2.97. The van der Waals surface area contributed by atoms with Crippen molar-refractivity contribution in [3.05, 3.63) is 0 Å². The quantitative estimate of drug-likeness (QED) is 0.512. The molecule has 1 unspecified atom stereocenters. The summed E-state index contributed by atoms with van der Waals surface area (Å²) in [6.07, 6.45) is -3.47. The van der Waals surface area contributed by atoms with Gasteiger partial charge in [-0.25, -0.2) is 0 Å². The Morgan fingerprint density at radius 1 is 1.27 bits per heavy atom. The molecule has 0 saturated carbocycles. The maximum Gasteiger partial charge on any atom is 0.425 e. The van der Waals surface area contributed by atoms with Crippen LogP contribution in [-0.4, -0.2) is 18.2 Å². The van der Waals surface area contributed by atoms with E-state index in [2.05, 4.69) is 4.74 Å². The zero-order valence-electron chi connectivity index (χ0n) is 9.06. The number of carbonyl (C=O) groups excluding carboxylic acids is 1. The van der Waals surface area contributed by atoms with E-state index in [1.165, 1.54) is 0 Å². The molecule has 0 N–H and O–H groups in total. The number of hydrogen-bond acceptors (Lipinski definition) is 2. The molecule has 0 aliphatic rings. The van der Waals surface area contributed by atoms with Crippen molar-refractivity contribution in [2.45, 2.75) is 58.2 Å². The zero-order chi connectivity index (χ0) is 11.9. The molecule has 0 aliphatic carbocycles. The van der Waals surface area contributed by atoms with Crippen LogP contribution in [0.1, 0.15) is 46.0 Å². The van der Waals surface area contributed by atoms with Gasteiger partial charge in [0, 0.05) is 6.92 Å². The average molecular weight is 226 g/mol. The van der Waals surface area contributed by atoms with E-state index < -0.39 is 18.2 Å². The lowest BCUT2D eigenvalue weighted by atomic mass is 10.1. The van der Waals surface area contributed by atoms with E-state index in [1.807, 2.05) is 6.92 Å². The van der Waals surface area contributed by atoms with E-state index in [-0.39, 0.29) is 6.42 Å². The summed E-state index contributed by atoms with van der Waals surface area (Å²) in [4.78, 5) is 10.5. The van der Waals surface area contributed by atoms with Crippen LogP contribution < -0.4 is 0 Å². The Kier molecular flexibility index (Phi) is 6.36. The third-order valence-corrected chi connectivity index (χ3v) is 1.99. The predicted octanol–water partition coefficient (Wildman–Crippen LogP) is 3.45. The van der Waals surface area contributed by atoms with Gasteiger partial charge < -0.3 is 4.74 Å². The van der Waals surface area contributed by atoms with Crippen LogP contribution >= 0.6 is 0 Å². The lowest BCUT2D eigenvalue weighted by molar-refractivity contribution is -0.221. The summed E-state index contributed by atoms with van der Waals surface area (Å²) in [7, 11) is 0. The van der Waals surface area contributed by atoms with Gasteiger partial charge in [-0.2, -0.15) is 13.2 Å². The smallest absolute Gasteiger partial charge is 0.425 e. The Morgan fingerprint density at radius 3 is 2.27 bits per heavy atom. The van der Waals surface area contributed by atoms with Gasteiger partial charge in [0.25, 0.3) is 0 Å². The van der Waals surface area contributed by atoms with E-state index >= 15 is 0 Å². The fourth-order valence-electron chi connectivity index (χ4n) is 1.25. The Morgan fingerprint density at radius 2 is 1.87 bits per heavy atom. The van der Waals surface area contributed by atoms with Crippen LogP contribution in [0.4, 0.5) is 13.2 Å². The Labute approximate surface area is 87.8 Å². The number of alkyl halides is 3. The molecule has 1 atom stereocenters. The van der Waals surface area contributed by atoms with Gasteiger partial charge in [-0.3, -0.25) is 4.79 Å². The number of hydrogen-bond donors (Lipinski definition) is 0. The van der Waals surface area contributed by atoms with Crippen LogP contribution in [0.5, 0.6) is 0 Å². The first-order valence-electron chi connectivity index (χ1n) is 5.11. The normalized spacial score (nSPS) is 13.7. The summed E-state index contributed by atoms with van der Waals surface area (Å²) in [5.41, 5.74) is 0. The summed E-state index contributed by atoms with van der Waals surface area (Å²) in [5, 5.41) is 0. The highest BCUT2D eigenvalue weighted by Gasteiger charge is 2.41. The molecular formula is C10H17F3O2. The molecular weight excluding hydrogens is 209 g/mol. The van der Waals surface area contributed by atoms with Crippen LogP contribution in [0, 0.1) is 0 Å². The van der Waals surface area contributed by atoms with E-state index in [1.54, 1.807) is 0 Å². The molecule has 5 heteroatoms. The maximum absolute atomic E-state index is 12.3. The van der Waals surface area contributed by atoms with E-state index in [0.717, 1.165) is 26.2 Å². The predicted molar refractivity (Wildman–Crippen MR) is 50.4 cm³/mol. The van der Waals surface area contributed by atoms with Gasteiger partial charge in [0.15, 0.2) is 6.10 Å². The number of halogens is 3. The molecule has 0 bridgehead atoms. The van der Waals surface area contributed by atoms with Gasteiger partial charge in [0.2, 0.25) is 0 Å². The molecule has 0 spiro atoms. The first-order valence-corrected chi connectivity index (χ1v) is 5.11. The van der Waals surface area contributed by atoms with E-state index in [0.29, 0.717) is 6.42 Å². The summed E-state index contributed by atoms with van der Waals surface area (Å²) < 4.78 is 41.2.